The SMILES string of the molecule is N=c1cc2c(nn1CCCCCCCCCCC(=O)NC1CCC(C(=O)Nc3ccncn3)CC1)-c1ccccc1CC2. The third kappa shape index (κ3) is 8.81. The maximum Gasteiger partial charge on any atom is 0.228 e. The van der Waals surface area contributed by atoms with E-state index < -0.39 is 0 Å². The lowest BCUT2D eigenvalue weighted by Crippen LogP contribution is -2.39. The van der Waals surface area contributed by atoms with E-state index in [1.165, 1.54) is 42.3 Å². The monoisotopic (exact) mass is 583 g/mol. The number of unbranched alkanes of at least 4 members (excludes halogenated alkanes) is 7. The number of hydrogen-bond acceptors (Lipinski definition) is 6. The van der Waals surface area contributed by atoms with Crippen LogP contribution < -0.4 is 16.1 Å². The summed E-state index contributed by atoms with van der Waals surface area (Å²) in [4.78, 5) is 32.8. The average molecular weight is 584 g/mol. The standard InChI is InChI=1S/C34H45N7O2/c35-30-23-27-15-14-25-11-8-9-12-29(25)33(27)40-41(30)22-10-6-4-2-1-3-5-7-13-32(42)38-28-18-16-26(17-19-28)34(43)39-31-20-21-36-24-37-31/h8-9,11-12,20-21,23-24,26,28,35H,1-7,10,13-19,22H2,(H,38,42)(H,36,37,39,43). The Labute approximate surface area is 254 Å². The van der Waals surface area contributed by atoms with Gasteiger partial charge in [-0.2, -0.15) is 5.10 Å². The van der Waals surface area contributed by atoms with Gasteiger partial charge in [-0.05, 0) is 74.6 Å². The van der Waals surface area contributed by atoms with Gasteiger partial charge >= 0.3 is 0 Å². The Kier molecular flexibility index (Phi) is 11.1. The van der Waals surface area contributed by atoms with E-state index in [1.807, 2.05) is 10.7 Å². The molecule has 9 nitrogen and oxygen atoms in total. The highest BCUT2D eigenvalue weighted by Gasteiger charge is 2.27. The number of hydrogen-bond donors (Lipinski definition) is 3. The molecule has 0 atom stereocenters. The molecule has 0 radical (unpaired) electrons. The molecular weight excluding hydrogens is 538 g/mol. The summed E-state index contributed by atoms with van der Waals surface area (Å²) in [5.41, 5.74) is 5.34. The van der Waals surface area contributed by atoms with Crippen molar-refractivity contribution in [3.05, 3.63) is 65.5 Å². The molecule has 2 aliphatic carbocycles. The molecule has 3 N–H and O–H groups in total. The Bertz CT molecular complexity index is 1410. The second-order valence-corrected chi connectivity index (χ2v) is 12.1. The number of nitrogens with one attached hydrogen (secondary N) is 3. The maximum atomic E-state index is 12.5. The molecule has 2 aliphatic rings. The fourth-order valence-electron chi connectivity index (χ4n) is 6.37. The molecule has 43 heavy (non-hydrogen) atoms. The largest absolute Gasteiger partial charge is 0.353 e. The second-order valence-electron chi connectivity index (χ2n) is 12.1. The highest BCUT2D eigenvalue weighted by atomic mass is 16.2. The fraction of sp³-hybridized carbons (Fsp3) is 0.529. The van der Waals surface area contributed by atoms with Crippen LogP contribution >= 0.6 is 0 Å². The van der Waals surface area contributed by atoms with Gasteiger partial charge in [-0.25, -0.2) is 14.6 Å². The molecule has 5 rings (SSSR count). The van der Waals surface area contributed by atoms with Crippen molar-refractivity contribution in [3.8, 4) is 11.3 Å². The number of aromatic nitrogens is 4. The smallest absolute Gasteiger partial charge is 0.228 e. The first-order chi connectivity index (χ1) is 21.1. The van der Waals surface area contributed by atoms with Gasteiger partial charge in [0, 0.05) is 36.7 Å². The van der Waals surface area contributed by atoms with Gasteiger partial charge in [0.25, 0.3) is 0 Å². The minimum absolute atomic E-state index is 0.00210. The van der Waals surface area contributed by atoms with Gasteiger partial charge in [-0.15, -0.1) is 0 Å². The zero-order valence-corrected chi connectivity index (χ0v) is 25.2. The quantitative estimate of drug-likeness (QED) is 0.209. The van der Waals surface area contributed by atoms with E-state index in [-0.39, 0.29) is 23.8 Å². The molecular formula is C34H45N7O2. The third-order valence-corrected chi connectivity index (χ3v) is 8.87. The minimum atomic E-state index is -0.0320. The lowest BCUT2D eigenvalue weighted by atomic mass is 9.85. The number of carbonyl (C=O) groups is 2. The predicted molar refractivity (Wildman–Crippen MR) is 167 cm³/mol. The summed E-state index contributed by atoms with van der Waals surface area (Å²) in [5.74, 6) is 0.639. The molecule has 3 aromatic rings. The Morgan fingerprint density at radius 1 is 0.884 bits per heavy atom. The summed E-state index contributed by atoms with van der Waals surface area (Å²) in [6, 6.07) is 12.4. The topological polar surface area (TPSA) is 126 Å². The number of anilines is 1. The zero-order chi connectivity index (χ0) is 29.9. The van der Waals surface area contributed by atoms with Gasteiger partial charge in [-0.1, -0.05) is 62.8 Å². The van der Waals surface area contributed by atoms with Gasteiger partial charge < -0.3 is 10.6 Å². The fourth-order valence-corrected chi connectivity index (χ4v) is 6.37. The lowest BCUT2D eigenvalue weighted by molar-refractivity contribution is -0.122. The zero-order valence-electron chi connectivity index (χ0n) is 25.2. The van der Waals surface area contributed by atoms with Crippen LogP contribution in [0.5, 0.6) is 0 Å². The third-order valence-electron chi connectivity index (χ3n) is 8.87. The van der Waals surface area contributed by atoms with E-state index in [4.69, 9.17) is 10.5 Å². The number of aryl methyl sites for hydroxylation is 3. The van der Waals surface area contributed by atoms with Crippen LogP contribution in [0.25, 0.3) is 11.3 Å². The molecule has 2 aromatic heterocycles. The van der Waals surface area contributed by atoms with Crippen molar-refractivity contribution in [3.63, 3.8) is 0 Å². The molecule has 0 spiro atoms. The highest BCUT2D eigenvalue weighted by molar-refractivity contribution is 5.91. The summed E-state index contributed by atoms with van der Waals surface area (Å²) in [6.45, 7) is 0.793. The first-order valence-corrected chi connectivity index (χ1v) is 16.2. The molecule has 0 saturated heterocycles. The van der Waals surface area contributed by atoms with E-state index >= 15 is 0 Å². The van der Waals surface area contributed by atoms with Crippen LogP contribution in [-0.2, 0) is 29.0 Å². The molecule has 0 unspecified atom stereocenters. The number of carbonyl (C=O) groups excluding carboxylic acids is 2. The van der Waals surface area contributed by atoms with Crippen LogP contribution in [-0.4, -0.2) is 37.6 Å². The summed E-state index contributed by atoms with van der Waals surface area (Å²) < 4.78 is 1.87. The average Bonchev–Trinajstić information content (AvgIpc) is 3.03. The maximum absolute atomic E-state index is 12.5. The first-order valence-electron chi connectivity index (χ1n) is 16.2. The second kappa shape index (κ2) is 15.5. The van der Waals surface area contributed by atoms with Crippen molar-refractivity contribution < 1.29 is 9.59 Å². The van der Waals surface area contributed by atoms with Crippen molar-refractivity contribution in [2.45, 2.75) is 109 Å². The van der Waals surface area contributed by atoms with Crippen LogP contribution in [0.4, 0.5) is 5.82 Å². The molecule has 0 bridgehead atoms. The number of rotatable bonds is 14. The van der Waals surface area contributed by atoms with E-state index in [1.54, 1.807) is 12.3 Å². The molecule has 1 fully saturated rings. The van der Waals surface area contributed by atoms with Crippen molar-refractivity contribution in [1.29, 1.82) is 5.41 Å². The van der Waals surface area contributed by atoms with Gasteiger partial charge in [0.05, 0.1) is 5.69 Å². The molecule has 228 valence electrons. The van der Waals surface area contributed by atoms with Crippen molar-refractivity contribution in [1.82, 2.24) is 25.1 Å². The number of amides is 2. The summed E-state index contributed by atoms with van der Waals surface area (Å²) in [7, 11) is 0. The van der Waals surface area contributed by atoms with E-state index in [0.717, 1.165) is 82.9 Å². The van der Waals surface area contributed by atoms with Crippen LogP contribution in [0.2, 0.25) is 0 Å². The molecule has 1 saturated carbocycles. The van der Waals surface area contributed by atoms with Crippen LogP contribution in [0.3, 0.4) is 0 Å². The summed E-state index contributed by atoms with van der Waals surface area (Å²) in [6.07, 6.45) is 17.8. The Morgan fingerprint density at radius 3 is 2.37 bits per heavy atom. The van der Waals surface area contributed by atoms with Gasteiger partial charge in [0.1, 0.15) is 17.6 Å². The molecule has 9 heteroatoms. The number of nitrogens with zero attached hydrogens (tertiary/aromatic N) is 4. The van der Waals surface area contributed by atoms with Gasteiger partial charge in [0.15, 0.2) is 0 Å². The summed E-state index contributed by atoms with van der Waals surface area (Å²) in [5, 5.41) is 19.3. The number of fused-ring (bicyclic) bond motifs is 3. The van der Waals surface area contributed by atoms with Gasteiger partial charge in [-0.3, -0.25) is 15.0 Å². The normalized spacial score (nSPS) is 17.5. The van der Waals surface area contributed by atoms with Crippen molar-refractivity contribution >= 4 is 17.6 Å². The van der Waals surface area contributed by atoms with Crippen molar-refractivity contribution in [2.75, 3.05) is 5.32 Å². The minimum Gasteiger partial charge on any atom is -0.353 e. The predicted octanol–water partition coefficient (Wildman–Crippen LogP) is 5.74. The lowest BCUT2D eigenvalue weighted by Gasteiger charge is -2.28. The van der Waals surface area contributed by atoms with E-state index in [2.05, 4.69) is 44.9 Å². The Morgan fingerprint density at radius 2 is 1.60 bits per heavy atom. The van der Waals surface area contributed by atoms with Crippen molar-refractivity contribution in [2.24, 2.45) is 5.92 Å². The molecule has 2 heterocycles. The van der Waals surface area contributed by atoms with Crippen LogP contribution in [0, 0.1) is 11.3 Å². The van der Waals surface area contributed by atoms with E-state index in [0.29, 0.717) is 17.7 Å². The van der Waals surface area contributed by atoms with Crippen LogP contribution in [0.15, 0.2) is 48.9 Å². The van der Waals surface area contributed by atoms with Gasteiger partial charge in [0.2, 0.25) is 11.8 Å². The molecule has 1 aromatic carbocycles. The Hall–Kier alpha value is -3.88. The molecule has 0 aliphatic heterocycles. The Balaban J connectivity index is 0.885. The first kappa shape index (κ1) is 30.6. The van der Waals surface area contributed by atoms with E-state index in [9.17, 15) is 9.59 Å². The number of benzene rings is 1. The molecule has 2 amide bonds. The summed E-state index contributed by atoms with van der Waals surface area (Å²) >= 11 is 0. The van der Waals surface area contributed by atoms with Crippen LogP contribution in [0.1, 0.15) is 94.6 Å². The highest BCUT2D eigenvalue weighted by Crippen LogP contribution is 2.30.